The number of hydrogen-bond donors (Lipinski definition) is 1. The Balaban J connectivity index is 1.79. The summed E-state index contributed by atoms with van der Waals surface area (Å²) in [5.74, 6) is -1.32. The molecule has 3 heterocycles. The average molecular weight is 563 g/mol. The highest BCUT2D eigenvalue weighted by atomic mass is 79.9. The summed E-state index contributed by atoms with van der Waals surface area (Å²) in [6, 6.07) is 2.78. The molecule has 0 spiro atoms. The average Bonchev–Trinajstić information content (AvgIpc) is 3.32. The molecule has 1 unspecified atom stereocenters. The molecular formula is C21H19BrF4N4O3S. The second-order valence-electron chi connectivity index (χ2n) is 7.48. The number of aliphatic imine (C=N–C) groups is 1. The van der Waals surface area contributed by atoms with E-state index in [0.717, 1.165) is 0 Å². The van der Waals surface area contributed by atoms with Crippen molar-refractivity contribution in [3.8, 4) is 0 Å². The molecule has 182 valence electrons. The lowest BCUT2D eigenvalue weighted by Gasteiger charge is -2.32. The molecule has 2 aromatic rings. The molecule has 1 aromatic heterocycles. The topological polar surface area (TPSA) is 76.0 Å². The summed E-state index contributed by atoms with van der Waals surface area (Å²) in [6.45, 7) is 0.610. The first-order chi connectivity index (χ1) is 16.2. The number of aromatic nitrogens is 1. The van der Waals surface area contributed by atoms with Gasteiger partial charge in [-0.1, -0.05) is 22.0 Å². The standard InChI is InChI=1S/C21H19BrF4N4O3S/c22-14-9-12(23)1-2-13(14)17-16(20(31)33-11-21(24,25)26)15(10-30-4-6-32-7-5-30)28-18(29-17)19-27-3-8-34-19/h1-3,8-9,17H,4-7,10-11H2,(H,28,29). The van der Waals surface area contributed by atoms with E-state index in [9.17, 15) is 22.4 Å². The number of amidine groups is 1. The zero-order valence-corrected chi connectivity index (χ0v) is 20.0. The number of nitrogens with zero attached hydrogens (tertiary/aromatic N) is 3. The van der Waals surface area contributed by atoms with Crippen LogP contribution in [-0.2, 0) is 14.3 Å². The van der Waals surface area contributed by atoms with Crippen LogP contribution < -0.4 is 5.32 Å². The third kappa shape index (κ3) is 6.01. The molecule has 2 aliphatic heterocycles. The third-order valence-corrected chi connectivity index (χ3v) is 6.56. The van der Waals surface area contributed by atoms with Crippen molar-refractivity contribution in [2.75, 3.05) is 39.5 Å². The molecule has 1 atom stereocenters. The molecule has 0 amide bonds. The smallest absolute Gasteiger partial charge is 0.422 e. The number of hydrogen-bond acceptors (Lipinski definition) is 8. The number of carbonyl (C=O) groups excluding carboxylic acids is 1. The van der Waals surface area contributed by atoms with E-state index in [1.54, 1.807) is 11.6 Å². The summed E-state index contributed by atoms with van der Waals surface area (Å²) in [4.78, 5) is 23.9. The van der Waals surface area contributed by atoms with Crippen molar-refractivity contribution in [2.45, 2.75) is 12.2 Å². The minimum atomic E-state index is -4.69. The van der Waals surface area contributed by atoms with E-state index in [1.807, 2.05) is 4.90 Å². The molecule has 7 nitrogen and oxygen atoms in total. The molecule has 0 radical (unpaired) electrons. The Bertz CT molecular complexity index is 1100. The Morgan fingerprint density at radius 1 is 1.32 bits per heavy atom. The molecule has 13 heteroatoms. The molecule has 4 rings (SSSR count). The Morgan fingerprint density at radius 3 is 2.74 bits per heavy atom. The van der Waals surface area contributed by atoms with Gasteiger partial charge in [0.25, 0.3) is 0 Å². The van der Waals surface area contributed by atoms with Gasteiger partial charge >= 0.3 is 12.1 Å². The zero-order chi connectivity index (χ0) is 24.3. The van der Waals surface area contributed by atoms with E-state index in [2.05, 4.69) is 36.0 Å². The van der Waals surface area contributed by atoms with Gasteiger partial charge in [-0.25, -0.2) is 14.2 Å². The highest BCUT2D eigenvalue weighted by Crippen LogP contribution is 2.37. The Labute approximate surface area is 204 Å². The van der Waals surface area contributed by atoms with Crippen molar-refractivity contribution < 1.29 is 31.8 Å². The fraction of sp³-hybridized carbons (Fsp3) is 0.381. The molecule has 1 saturated heterocycles. The summed E-state index contributed by atoms with van der Waals surface area (Å²) in [5.41, 5.74) is 0.661. The molecule has 0 bridgehead atoms. The zero-order valence-electron chi connectivity index (χ0n) is 17.6. The molecule has 0 aliphatic carbocycles. The van der Waals surface area contributed by atoms with Crippen LogP contribution in [0.1, 0.15) is 16.6 Å². The Morgan fingerprint density at radius 2 is 2.09 bits per heavy atom. The van der Waals surface area contributed by atoms with Crippen molar-refractivity contribution in [1.82, 2.24) is 15.2 Å². The quantitative estimate of drug-likeness (QED) is 0.426. The summed E-state index contributed by atoms with van der Waals surface area (Å²) in [6.07, 6.45) is -3.10. The van der Waals surface area contributed by atoms with Gasteiger partial charge in [-0.05, 0) is 17.7 Å². The van der Waals surface area contributed by atoms with Gasteiger partial charge in [0.1, 0.15) is 11.9 Å². The molecule has 0 saturated carbocycles. The highest BCUT2D eigenvalue weighted by Gasteiger charge is 2.37. The van der Waals surface area contributed by atoms with Gasteiger partial charge in [0.05, 0.1) is 18.8 Å². The molecule has 34 heavy (non-hydrogen) atoms. The minimum Gasteiger partial charge on any atom is -0.453 e. The number of carbonyl (C=O) groups is 1. The first kappa shape index (κ1) is 24.8. The van der Waals surface area contributed by atoms with Gasteiger partial charge < -0.3 is 14.8 Å². The Kier molecular flexibility index (Phi) is 7.65. The minimum absolute atomic E-state index is 0.0802. The van der Waals surface area contributed by atoms with Crippen LogP contribution in [-0.4, -0.2) is 67.3 Å². The van der Waals surface area contributed by atoms with Crippen molar-refractivity contribution >= 4 is 39.1 Å². The number of alkyl halides is 3. The second-order valence-corrected chi connectivity index (χ2v) is 9.23. The fourth-order valence-corrected chi connectivity index (χ4v) is 4.72. The first-order valence-electron chi connectivity index (χ1n) is 10.2. The molecule has 2 aliphatic rings. The molecule has 1 N–H and O–H groups in total. The lowest BCUT2D eigenvalue weighted by molar-refractivity contribution is -0.183. The molecule has 1 fully saturated rings. The lowest BCUT2D eigenvalue weighted by Crippen LogP contribution is -2.43. The van der Waals surface area contributed by atoms with E-state index in [-0.39, 0.29) is 12.1 Å². The van der Waals surface area contributed by atoms with Crippen molar-refractivity contribution in [3.05, 3.63) is 61.9 Å². The summed E-state index contributed by atoms with van der Waals surface area (Å²) >= 11 is 4.60. The van der Waals surface area contributed by atoms with E-state index in [0.29, 0.717) is 52.9 Å². The first-order valence-corrected chi connectivity index (χ1v) is 11.8. The maximum Gasteiger partial charge on any atom is 0.422 e. The normalized spacial score (nSPS) is 19.6. The van der Waals surface area contributed by atoms with Crippen molar-refractivity contribution in [1.29, 1.82) is 0 Å². The predicted octanol–water partition coefficient (Wildman–Crippen LogP) is 3.83. The summed E-state index contributed by atoms with van der Waals surface area (Å²) < 4.78 is 62.5. The van der Waals surface area contributed by atoms with Gasteiger partial charge in [-0.15, -0.1) is 11.3 Å². The van der Waals surface area contributed by atoms with E-state index in [4.69, 9.17) is 4.74 Å². The van der Waals surface area contributed by atoms with Gasteiger partial charge in [0.2, 0.25) is 0 Å². The van der Waals surface area contributed by atoms with Crippen LogP contribution in [0.15, 0.2) is 50.5 Å². The van der Waals surface area contributed by atoms with Crippen LogP contribution in [0.25, 0.3) is 0 Å². The number of thiazole rings is 1. The van der Waals surface area contributed by atoms with Crippen molar-refractivity contribution in [2.24, 2.45) is 4.99 Å². The van der Waals surface area contributed by atoms with Crippen molar-refractivity contribution in [3.63, 3.8) is 0 Å². The largest absolute Gasteiger partial charge is 0.453 e. The van der Waals surface area contributed by atoms with Crippen LogP contribution in [0, 0.1) is 5.82 Å². The summed E-state index contributed by atoms with van der Waals surface area (Å²) in [7, 11) is 0. The monoisotopic (exact) mass is 562 g/mol. The molecule has 1 aromatic carbocycles. The number of benzene rings is 1. The van der Waals surface area contributed by atoms with Gasteiger partial charge in [0.15, 0.2) is 17.5 Å². The number of morpholine rings is 1. The van der Waals surface area contributed by atoms with Crippen LogP contribution in [0.5, 0.6) is 0 Å². The number of esters is 1. The lowest BCUT2D eigenvalue weighted by atomic mass is 9.95. The highest BCUT2D eigenvalue weighted by molar-refractivity contribution is 9.10. The number of halogens is 5. The SMILES string of the molecule is O=C(OCC(F)(F)F)C1=C(CN2CCOCC2)NC(c2nccs2)=NC1c1ccc(F)cc1Br. The van der Waals surface area contributed by atoms with Crippen LogP contribution >= 0.6 is 27.3 Å². The number of ether oxygens (including phenoxy) is 2. The number of rotatable bonds is 6. The van der Waals surface area contributed by atoms with E-state index in [1.165, 1.54) is 29.5 Å². The fourth-order valence-electron chi connectivity index (χ4n) is 3.57. The summed E-state index contributed by atoms with van der Waals surface area (Å²) in [5, 5.41) is 5.37. The van der Waals surface area contributed by atoms with Gasteiger partial charge in [0, 0.05) is 41.4 Å². The third-order valence-electron chi connectivity index (χ3n) is 5.09. The Hall–Kier alpha value is -2.35. The molecular weight excluding hydrogens is 544 g/mol. The van der Waals surface area contributed by atoms with Crippen LogP contribution in [0.4, 0.5) is 17.6 Å². The number of nitrogens with one attached hydrogen (secondary N) is 1. The van der Waals surface area contributed by atoms with Crippen LogP contribution in [0.2, 0.25) is 0 Å². The second kappa shape index (κ2) is 10.5. The maximum atomic E-state index is 13.8. The van der Waals surface area contributed by atoms with Gasteiger partial charge in [-0.2, -0.15) is 13.2 Å². The van der Waals surface area contributed by atoms with E-state index >= 15 is 0 Å². The maximum absolute atomic E-state index is 13.8. The van der Waals surface area contributed by atoms with E-state index < -0.39 is 30.6 Å². The van der Waals surface area contributed by atoms with Crippen LogP contribution in [0.3, 0.4) is 0 Å². The predicted molar refractivity (Wildman–Crippen MR) is 120 cm³/mol. The van der Waals surface area contributed by atoms with Gasteiger partial charge in [-0.3, -0.25) is 9.89 Å².